The summed E-state index contributed by atoms with van der Waals surface area (Å²) in [5, 5.41) is 16.1. The maximum Gasteiger partial charge on any atom is 0.348 e. The van der Waals surface area contributed by atoms with Crippen molar-refractivity contribution < 1.29 is 5.11 Å². The van der Waals surface area contributed by atoms with E-state index in [0.29, 0.717) is 18.6 Å². The molecule has 0 amide bonds. The van der Waals surface area contributed by atoms with Gasteiger partial charge in [0.15, 0.2) is 5.65 Å². The van der Waals surface area contributed by atoms with E-state index in [1.165, 1.54) is 10.7 Å². The summed E-state index contributed by atoms with van der Waals surface area (Å²) in [6.07, 6.45) is 2.16. The third-order valence-corrected chi connectivity index (χ3v) is 3.07. The first kappa shape index (κ1) is 10.3. The number of nitrogens with zero attached hydrogens (tertiary/aromatic N) is 4. The van der Waals surface area contributed by atoms with E-state index in [9.17, 15) is 9.90 Å². The summed E-state index contributed by atoms with van der Waals surface area (Å²) in [7, 11) is 0. The Morgan fingerprint density at radius 3 is 3.12 bits per heavy atom. The van der Waals surface area contributed by atoms with E-state index in [4.69, 9.17) is 0 Å². The van der Waals surface area contributed by atoms with Gasteiger partial charge in [-0.2, -0.15) is 5.10 Å². The normalized spacial score (nSPS) is 24.7. The summed E-state index contributed by atoms with van der Waals surface area (Å²) in [5.74, 6) is 0.731. The summed E-state index contributed by atoms with van der Waals surface area (Å²) < 4.78 is 1.34. The Labute approximate surface area is 96.7 Å². The number of aliphatic hydroxyl groups is 1. The van der Waals surface area contributed by atoms with Crippen molar-refractivity contribution in [2.24, 2.45) is 0 Å². The SMILES string of the molecule is CC1(O)CCN(c2cc3n[nH]c(=O)n3cn2)C1. The quantitative estimate of drug-likeness (QED) is 0.688. The fraction of sp³-hybridized carbons (Fsp3) is 0.500. The Kier molecular flexibility index (Phi) is 1.99. The molecule has 0 bridgehead atoms. The molecule has 1 aliphatic heterocycles. The number of anilines is 1. The molecule has 7 heteroatoms. The zero-order valence-electron chi connectivity index (χ0n) is 9.42. The van der Waals surface area contributed by atoms with Gasteiger partial charge in [-0.05, 0) is 13.3 Å². The van der Waals surface area contributed by atoms with Gasteiger partial charge in [-0.3, -0.25) is 0 Å². The molecule has 3 heterocycles. The van der Waals surface area contributed by atoms with E-state index in [1.54, 1.807) is 6.07 Å². The predicted molar refractivity (Wildman–Crippen MR) is 61.1 cm³/mol. The van der Waals surface area contributed by atoms with Crippen LogP contribution in [-0.4, -0.2) is 43.4 Å². The lowest BCUT2D eigenvalue weighted by atomic mass is 10.1. The number of rotatable bonds is 1. The molecule has 0 radical (unpaired) electrons. The van der Waals surface area contributed by atoms with Crippen molar-refractivity contribution in [2.45, 2.75) is 18.9 Å². The fourth-order valence-corrected chi connectivity index (χ4v) is 2.11. The van der Waals surface area contributed by atoms with E-state index in [0.717, 1.165) is 12.4 Å². The van der Waals surface area contributed by atoms with Crippen molar-refractivity contribution in [1.82, 2.24) is 19.6 Å². The van der Waals surface area contributed by atoms with Crippen molar-refractivity contribution in [1.29, 1.82) is 0 Å². The molecule has 0 aliphatic carbocycles. The van der Waals surface area contributed by atoms with Crippen molar-refractivity contribution in [3.63, 3.8) is 0 Å². The van der Waals surface area contributed by atoms with E-state index in [1.807, 2.05) is 11.8 Å². The molecule has 0 saturated carbocycles. The smallest absolute Gasteiger partial charge is 0.348 e. The summed E-state index contributed by atoms with van der Waals surface area (Å²) >= 11 is 0. The van der Waals surface area contributed by atoms with Gasteiger partial charge in [0.1, 0.15) is 12.1 Å². The van der Waals surface area contributed by atoms with Crippen LogP contribution in [-0.2, 0) is 0 Å². The zero-order chi connectivity index (χ0) is 12.0. The topological polar surface area (TPSA) is 86.5 Å². The lowest BCUT2D eigenvalue weighted by Crippen LogP contribution is -2.30. The van der Waals surface area contributed by atoms with Crippen molar-refractivity contribution >= 4 is 11.5 Å². The monoisotopic (exact) mass is 235 g/mol. The molecule has 17 heavy (non-hydrogen) atoms. The lowest BCUT2D eigenvalue weighted by Gasteiger charge is -2.19. The number of nitrogens with one attached hydrogen (secondary N) is 1. The molecule has 1 fully saturated rings. The summed E-state index contributed by atoms with van der Waals surface area (Å²) in [5.41, 5.74) is -0.432. The van der Waals surface area contributed by atoms with Crippen molar-refractivity contribution in [2.75, 3.05) is 18.0 Å². The molecule has 2 N–H and O–H groups in total. The van der Waals surface area contributed by atoms with Crippen LogP contribution >= 0.6 is 0 Å². The van der Waals surface area contributed by atoms with Crippen molar-refractivity contribution in [3.8, 4) is 0 Å². The maximum atomic E-state index is 11.3. The van der Waals surface area contributed by atoms with Crippen molar-refractivity contribution in [3.05, 3.63) is 22.9 Å². The van der Waals surface area contributed by atoms with Gasteiger partial charge < -0.3 is 10.0 Å². The summed E-state index contributed by atoms with van der Waals surface area (Å²) in [4.78, 5) is 17.5. The molecular weight excluding hydrogens is 222 g/mol. The molecule has 1 saturated heterocycles. The number of hydrogen-bond donors (Lipinski definition) is 2. The molecular formula is C10H13N5O2. The number of fused-ring (bicyclic) bond motifs is 1. The number of aromatic nitrogens is 4. The molecule has 0 spiro atoms. The van der Waals surface area contributed by atoms with Crippen LogP contribution in [0.5, 0.6) is 0 Å². The molecule has 1 aliphatic rings. The van der Waals surface area contributed by atoms with E-state index < -0.39 is 5.60 Å². The van der Waals surface area contributed by atoms with Gasteiger partial charge in [-0.1, -0.05) is 0 Å². The van der Waals surface area contributed by atoms with Crippen LogP contribution in [0, 0.1) is 0 Å². The maximum absolute atomic E-state index is 11.3. The Bertz CT molecular complexity index is 614. The van der Waals surface area contributed by atoms with Crippen LogP contribution < -0.4 is 10.6 Å². The first-order valence-electron chi connectivity index (χ1n) is 5.45. The van der Waals surface area contributed by atoms with Crippen LogP contribution in [0.4, 0.5) is 5.82 Å². The first-order valence-corrected chi connectivity index (χ1v) is 5.45. The van der Waals surface area contributed by atoms with E-state index in [-0.39, 0.29) is 5.69 Å². The van der Waals surface area contributed by atoms with E-state index in [2.05, 4.69) is 15.2 Å². The minimum absolute atomic E-state index is 0.299. The van der Waals surface area contributed by atoms with Crippen LogP contribution in [0.15, 0.2) is 17.2 Å². The predicted octanol–water partition coefficient (Wildman–Crippen LogP) is -0.621. The molecule has 1 atom stereocenters. The van der Waals surface area contributed by atoms with Gasteiger partial charge in [0, 0.05) is 19.2 Å². The second-order valence-electron chi connectivity index (χ2n) is 4.67. The highest BCUT2D eigenvalue weighted by molar-refractivity contribution is 5.51. The minimum Gasteiger partial charge on any atom is -0.388 e. The Balaban J connectivity index is 1.99. The molecule has 7 nitrogen and oxygen atoms in total. The van der Waals surface area contributed by atoms with Gasteiger partial charge in [-0.25, -0.2) is 19.3 Å². The number of β-amino-alcohol motifs (C(OH)–C–C–N with tert-alkyl or cyclic N) is 1. The van der Waals surface area contributed by atoms with Gasteiger partial charge >= 0.3 is 5.69 Å². The average molecular weight is 235 g/mol. The first-order chi connectivity index (χ1) is 8.05. The Hall–Kier alpha value is -1.89. The zero-order valence-corrected chi connectivity index (χ0v) is 9.42. The minimum atomic E-state index is -0.668. The third kappa shape index (κ3) is 1.68. The highest BCUT2D eigenvalue weighted by atomic mass is 16.3. The molecule has 2 aromatic rings. The highest BCUT2D eigenvalue weighted by Gasteiger charge is 2.32. The summed E-state index contributed by atoms with van der Waals surface area (Å²) in [6.45, 7) is 3.11. The number of H-pyrrole nitrogens is 1. The Morgan fingerprint density at radius 2 is 2.41 bits per heavy atom. The number of hydrogen-bond acceptors (Lipinski definition) is 5. The van der Waals surface area contributed by atoms with Gasteiger partial charge in [0.2, 0.25) is 0 Å². The highest BCUT2D eigenvalue weighted by Crippen LogP contribution is 2.24. The largest absolute Gasteiger partial charge is 0.388 e. The van der Waals surface area contributed by atoms with Crippen LogP contribution in [0.3, 0.4) is 0 Å². The molecule has 2 aromatic heterocycles. The van der Waals surface area contributed by atoms with Crippen LogP contribution in [0.1, 0.15) is 13.3 Å². The van der Waals surface area contributed by atoms with Gasteiger partial charge in [0.25, 0.3) is 0 Å². The Morgan fingerprint density at radius 1 is 1.59 bits per heavy atom. The fourth-order valence-electron chi connectivity index (χ4n) is 2.11. The lowest BCUT2D eigenvalue weighted by molar-refractivity contribution is 0.0839. The van der Waals surface area contributed by atoms with E-state index >= 15 is 0 Å². The number of aromatic amines is 1. The summed E-state index contributed by atoms with van der Waals surface area (Å²) in [6, 6.07) is 1.74. The third-order valence-electron chi connectivity index (χ3n) is 3.07. The van der Waals surface area contributed by atoms with Crippen LogP contribution in [0.25, 0.3) is 5.65 Å². The average Bonchev–Trinajstić information content (AvgIpc) is 2.82. The molecule has 0 aromatic carbocycles. The second kappa shape index (κ2) is 3.30. The molecule has 3 rings (SSSR count). The van der Waals surface area contributed by atoms with Gasteiger partial charge in [0.05, 0.1) is 5.60 Å². The molecule has 90 valence electrons. The standard InChI is InChI=1S/C10H13N5O2/c1-10(17)2-3-14(5-10)7-4-8-12-13-9(16)15(8)6-11-7/h4,6,17H,2-3,5H2,1H3,(H,13,16). The van der Waals surface area contributed by atoms with Gasteiger partial charge in [-0.15, -0.1) is 0 Å². The second-order valence-corrected chi connectivity index (χ2v) is 4.67. The molecule has 1 unspecified atom stereocenters. The van der Waals surface area contributed by atoms with Crippen LogP contribution in [0.2, 0.25) is 0 Å².